The van der Waals surface area contributed by atoms with Crippen LogP contribution in [-0.2, 0) is 10.9 Å². The van der Waals surface area contributed by atoms with Crippen molar-refractivity contribution in [3.8, 4) is 11.8 Å². The second-order valence-corrected chi connectivity index (χ2v) is 17.4. The van der Waals surface area contributed by atoms with Crippen molar-refractivity contribution in [3.05, 3.63) is 74.8 Å². The Morgan fingerprint density at radius 3 is 2.47 bits per heavy atom. The highest BCUT2D eigenvalue weighted by Crippen LogP contribution is 2.42. The molecule has 2 saturated heterocycles. The van der Waals surface area contributed by atoms with Crippen LogP contribution in [0, 0.1) is 11.7 Å². The molecule has 23 heteroatoms. The van der Waals surface area contributed by atoms with E-state index in [4.69, 9.17) is 21.1 Å². The number of fused-ring (bicyclic) bond motifs is 2. The molecule has 4 aromatic heterocycles. The standard InChI is InChI=1S/C43H52ClF4N11O7/c1-22(65-2)36-30(20-50-32-18-31(44)56-59(32)36)53-42(64)52-29-17-24(43(46,47)48)19-51-41(29)66-16-11-49-25-5-3-23(4-6-25)21-57-12-14-58(15-13-57)37-28(45)9-7-26-34(37)35(40(63)55-39(26)62)27-8-10-33(60)54-38(27)61/h7,9,17-20,22-23,25,27,33,38,49,54,60-61H,3-6,8,10-16,21H2,1-2H3,(H2,52,53,64)(H2,55,62,63)/t22-,23?,25?,27?,33?,38?/m0/s1. The van der Waals surface area contributed by atoms with Gasteiger partial charge < -0.3 is 45.6 Å². The summed E-state index contributed by atoms with van der Waals surface area (Å²) >= 11 is 6.07. The Morgan fingerprint density at radius 2 is 1.76 bits per heavy atom. The first-order valence-corrected chi connectivity index (χ1v) is 22.2. The van der Waals surface area contributed by atoms with Crippen LogP contribution in [0.1, 0.15) is 74.3 Å². The number of benzene rings is 1. The lowest BCUT2D eigenvalue weighted by atomic mass is 9.85. The normalized spacial score (nSPS) is 22.4. The van der Waals surface area contributed by atoms with E-state index < -0.39 is 59.5 Å². The number of aliphatic hydroxyl groups is 2. The quantitative estimate of drug-likeness (QED) is 0.0555. The minimum Gasteiger partial charge on any atom is -0.494 e. The van der Waals surface area contributed by atoms with Gasteiger partial charge in [0.15, 0.2) is 16.7 Å². The van der Waals surface area contributed by atoms with Crippen molar-refractivity contribution in [2.45, 2.75) is 82.1 Å². The number of nitrogens with one attached hydrogen (secondary N) is 5. The number of hydrogen-bond acceptors (Lipinski definition) is 14. The molecule has 5 aromatic rings. The Morgan fingerprint density at radius 1 is 1.02 bits per heavy atom. The summed E-state index contributed by atoms with van der Waals surface area (Å²) in [5.41, 5.74) is -0.515. The van der Waals surface area contributed by atoms with Gasteiger partial charge in [-0.3, -0.25) is 20.0 Å². The molecular formula is C43H52ClF4N11O7. The van der Waals surface area contributed by atoms with Crippen LogP contribution in [0.15, 0.2) is 41.5 Å². The van der Waals surface area contributed by atoms with E-state index in [1.165, 1.54) is 36.0 Å². The minimum absolute atomic E-state index is 0.0586. The average Bonchev–Trinajstić information content (AvgIpc) is 3.66. The van der Waals surface area contributed by atoms with Gasteiger partial charge in [0.2, 0.25) is 5.88 Å². The Labute approximate surface area is 380 Å². The lowest BCUT2D eigenvalue weighted by Crippen LogP contribution is -2.49. The molecule has 0 bridgehead atoms. The summed E-state index contributed by atoms with van der Waals surface area (Å²) in [6.45, 7) is 5.25. The van der Waals surface area contributed by atoms with Gasteiger partial charge in [-0.05, 0) is 69.6 Å². The van der Waals surface area contributed by atoms with E-state index in [1.807, 2.05) is 4.90 Å². The van der Waals surface area contributed by atoms with Crippen molar-refractivity contribution in [2.24, 2.45) is 5.92 Å². The maximum atomic E-state index is 15.8. The average molecular weight is 946 g/mol. The third kappa shape index (κ3) is 10.3. The summed E-state index contributed by atoms with van der Waals surface area (Å²) < 4.78 is 69.6. The van der Waals surface area contributed by atoms with Crippen LogP contribution in [-0.4, -0.2) is 122 Å². The summed E-state index contributed by atoms with van der Waals surface area (Å²) in [6, 6.07) is 4.22. The van der Waals surface area contributed by atoms with Crippen LogP contribution in [0.5, 0.6) is 11.8 Å². The first kappa shape index (κ1) is 47.1. The number of ether oxygens (including phenoxy) is 2. The monoisotopic (exact) mass is 945 g/mol. The summed E-state index contributed by atoms with van der Waals surface area (Å²) in [5, 5.41) is 47.8. The number of carbonyl (C=O) groups is 1. The molecule has 1 aliphatic carbocycles. The molecule has 3 fully saturated rings. The van der Waals surface area contributed by atoms with Crippen molar-refractivity contribution < 1.29 is 47.1 Å². The molecule has 2 amide bonds. The highest BCUT2D eigenvalue weighted by atomic mass is 35.5. The van der Waals surface area contributed by atoms with Gasteiger partial charge in [0.05, 0.1) is 34.9 Å². The van der Waals surface area contributed by atoms with Crippen LogP contribution in [0.3, 0.4) is 0 Å². The number of anilines is 3. The molecule has 6 heterocycles. The number of H-pyrrole nitrogens is 1. The van der Waals surface area contributed by atoms with Gasteiger partial charge in [0.1, 0.15) is 30.6 Å². The van der Waals surface area contributed by atoms with Gasteiger partial charge in [-0.15, -0.1) is 0 Å². The number of carbonyl (C=O) groups excluding carboxylic acids is 1. The lowest BCUT2D eigenvalue weighted by Gasteiger charge is -2.40. The van der Waals surface area contributed by atoms with Crippen molar-refractivity contribution in [1.29, 1.82) is 0 Å². The van der Waals surface area contributed by atoms with E-state index in [0.29, 0.717) is 69.0 Å². The Kier molecular flexibility index (Phi) is 14.2. The molecule has 3 unspecified atom stereocenters. The van der Waals surface area contributed by atoms with Crippen molar-refractivity contribution in [2.75, 3.05) is 68.5 Å². The molecular weight excluding hydrogens is 894 g/mol. The first-order chi connectivity index (χ1) is 31.6. The molecule has 8 N–H and O–H groups in total. The van der Waals surface area contributed by atoms with E-state index in [2.05, 4.69) is 46.2 Å². The van der Waals surface area contributed by atoms with Crippen LogP contribution in [0.2, 0.25) is 5.15 Å². The smallest absolute Gasteiger partial charge is 0.417 e. The molecule has 18 nitrogen and oxygen atoms in total. The Hall–Kier alpha value is -5.36. The summed E-state index contributed by atoms with van der Waals surface area (Å²) in [5.74, 6) is -1.44. The third-order valence-electron chi connectivity index (χ3n) is 12.7. The highest BCUT2D eigenvalue weighted by Gasteiger charge is 2.36. The van der Waals surface area contributed by atoms with Gasteiger partial charge in [-0.25, -0.2) is 23.7 Å². The number of aromatic hydroxyl groups is 1. The molecule has 1 saturated carbocycles. The number of urea groups is 1. The minimum atomic E-state index is -4.73. The third-order valence-corrected chi connectivity index (χ3v) is 12.9. The molecule has 0 spiro atoms. The van der Waals surface area contributed by atoms with E-state index >= 15 is 4.39 Å². The first-order valence-electron chi connectivity index (χ1n) is 21.8. The fraction of sp³-hybridized carbons (Fsp3) is 0.512. The van der Waals surface area contributed by atoms with Crippen LogP contribution < -0.4 is 36.5 Å². The second-order valence-electron chi connectivity index (χ2n) is 17.0. The maximum absolute atomic E-state index is 15.8. The van der Waals surface area contributed by atoms with Crippen LogP contribution in [0.4, 0.5) is 39.4 Å². The predicted octanol–water partition coefficient (Wildman–Crippen LogP) is 5.29. The molecule has 8 rings (SSSR count). The van der Waals surface area contributed by atoms with Crippen LogP contribution >= 0.6 is 11.6 Å². The number of alkyl halides is 3. The van der Waals surface area contributed by atoms with E-state index in [1.54, 1.807) is 6.92 Å². The van der Waals surface area contributed by atoms with E-state index in [9.17, 15) is 38.1 Å². The Bertz CT molecular complexity index is 2600. The number of hydrogen-bond donors (Lipinski definition) is 8. The van der Waals surface area contributed by atoms with E-state index in [-0.39, 0.29) is 57.1 Å². The van der Waals surface area contributed by atoms with Gasteiger partial charge in [-0.1, -0.05) is 11.6 Å². The van der Waals surface area contributed by atoms with Gasteiger partial charge >= 0.3 is 12.2 Å². The zero-order valence-corrected chi connectivity index (χ0v) is 36.9. The number of piperazine rings is 1. The molecule has 66 heavy (non-hydrogen) atoms. The topological polar surface area (TPSA) is 227 Å². The number of piperidine rings is 1. The number of aromatic nitrogens is 5. The van der Waals surface area contributed by atoms with Crippen molar-refractivity contribution >= 4 is 51.1 Å². The summed E-state index contributed by atoms with van der Waals surface area (Å²) in [7, 11) is 1.46. The highest BCUT2D eigenvalue weighted by molar-refractivity contribution is 6.29. The summed E-state index contributed by atoms with van der Waals surface area (Å²) in [6.07, 6.45) is -1.15. The Balaban J connectivity index is 0.830. The number of rotatable bonds is 13. The molecule has 2 aliphatic heterocycles. The number of halogens is 5. The lowest BCUT2D eigenvalue weighted by molar-refractivity contribution is -0.137. The number of aromatic amines is 1. The number of methoxy groups -OCH3 is 1. The second kappa shape index (κ2) is 19.9. The van der Waals surface area contributed by atoms with Crippen molar-refractivity contribution in [1.82, 2.24) is 40.1 Å². The largest absolute Gasteiger partial charge is 0.494 e. The van der Waals surface area contributed by atoms with E-state index in [0.717, 1.165) is 38.3 Å². The maximum Gasteiger partial charge on any atom is 0.417 e. The molecule has 0 radical (unpaired) electrons. The molecule has 1 aromatic carbocycles. The molecule has 4 atom stereocenters. The molecule has 356 valence electrons. The number of pyridine rings is 2. The fourth-order valence-corrected chi connectivity index (χ4v) is 9.52. The zero-order chi connectivity index (χ0) is 46.9. The fourth-order valence-electron chi connectivity index (χ4n) is 9.34. The zero-order valence-electron chi connectivity index (χ0n) is 36.2. The van der Waals surface area contributed by atoms with Gasteiger partial charge in [0, 0.05) is 86.9 Å². The van der Waals surface area contributed by atoms with Crippen LogP contribution in [0.25, 0.3) is 16.4 Å². The number of amides is 2. The number of aliphatic hydroxyl groups excluding tert-OH is 2. The van der Waals surface area contributed by atoms with Gasteiger partial charge in [-0.2, -0.15) is 18.3 Å². The van der Waals surface area contributed by atoms with Gasteiger partial charge in [0.25, 0.3) is 5.56 Å². The molecule has 3 aliphatic rings. The summed E-state index contributed by atoms with van der Waals surface area (Å²) in [4.78, 5) is 41.0. The predicted molar refractivity (Wildman–Crippen MR) is 237 cm³/mol. The SMILES string of the molecule is CO[C@@H](C)c1c(NC(=O)Nc2cc(C(F)(F)F)cnc2OCCNC2CCC(CN3CCN(c4c(F)ccc5c(=O)[nH]c(O)c(C6CCC(O)NC6O)c45)CC3)CC2)cnc2cc(Cl)nn12. The number of nitrogens with zero attached hydrogens (tertiary/aromatic N) is 6. The van der Waals surface area contributed by atoms with Crippen molar-refractivity contribution in [3.63, 3.8) is 0 Å².